The van der Waals surface area contributed by atoms with Crippen molar-refractivity contribution in [3.63, 3.8) is 0 Å². The first-order valence-corrected chi connectivity index (χ1v) is 7.98. The molecule has 3 rings (SSSR count). The summed E-state index contributed by atoms with van der Waals surface area (Å²) in [6, 6.07) is 13.6. The first-order chi connectivity index (χ1) is 12.5. The van der Waals surface area contributed by atoms with Crippen molar-refractivity contribution in [3.8, 4) is 11.5 Å². The Kier molecular flexibility index (Phi) is 4.80. The first kappa shape index (κ1) is 17.4. The molecule has 0 spiro atoms. The Balaban J connectivity index is 2.04. The lowest BCUT2D eigenvalue weighted by Crippen LogP contribution is -2.04. The van der Waals surface area contributed by atoms with Gasteiger partial charge in [0.15, 0.2) is 23.6 Å². The van der Waals surface area contributed by atoms with Crippen molar-refractivity contribution in [2.75, 3.05) is 7.11 Å². The van der Waals surface area contributed by atoms with Gasteiger partial charge in [-0.1, -0.05) is 24.3 Å². The zero-order valence-corrected chi connectivity index (χ0v) is 14.4. The molecule has 5 nitrogen and oxygen atoms in total. The number of pyridine rings is 1. The van der Waals surface area contributed by atoms with Crippen LogP contribution in [0.25, 0.3) is 17.0 Å². The fourth-order valence-electron chi connectivity index (χ4n) is 2.77. The predicted molar refractivity (Wildman–Crippen MR) is 99.8 cm³/mol. The van der Waals surface area contributed by atoms with Gasteiger partial charge < -0.3 is 9.84 Å². The number of aldehydes is 1. The van der Waals surface area contributed by atoms with Gasteiger partial charge in [0.1, 0.15) is 5.69 Å². The lowest BCUT2D eigenvalue weighted by molar-refractivity contribution is 0.103. The van der Waals surface area contributed by atoms with Crippen LogP contribution in [0.5, 0.6) is 11.5 Å². The first-order valence-electron chi connectivity index (χ1n) is 7.98. The van der Waals surface area contributed by atoms with E-state index in [4.69, 9.17) is 4.74 Å². The van der Waals surface area contributed by atoms with Gasteiger partial charge in [-0.3, -0.25) is 9.59 Å². The Morgan fingerprint density at radius 3 is 2.62 bits per heavy atom. The highest BCUT2D eigenvalue weighted by Gasteiger charge is 2.14. The van der Waals surface area contributed by atoms with Crippen molar-refractivity contribution in [1.82, 2.24) is 4.98 Å². The quantitative estimate of drug-likeness (QED) is 0.428. The van der Waals surface area contributed by atoms with Gasteiger partial charge in [0.25, 0.3) is 0 Å². The molecule has 0 amide bonds. The van der Waals surface area contributed by atoms with Crippen molar-refractivity contribution >= 4 is 29.0 Å². The minimum Gasteiger partial charge on any atom is -0.504 e. The highest BCUT2D eigenvalue weighted by Crippen LogP contribution is 2.28. The monoisotopic (exact) mass is 347 g/mol. The molecule has 0 saturated heterocycles. The molecule has 1 N–H and O–H groups in total. The van der Waals surface area contributed by atoms with Gasteiger partial charge in [-0.25, -0.2) is 4.98 Å². The maximum absolute atomic E-state index is 12.9. The van der Waals surface area contributed by atoms with Gasteiger partial charge >= 0.3 is 0 Å². The number of hydrogen-bond acceptors (Lipinski definition) is 5. The number of rotatable bonds is 5. The molecule has 0 aliphatic heterocycles. The second-order valence-corrected chi connectivity index (χ2v) is 5.82. The average Bonchev–Trinajstić information content (AvgIpc) is 2.66. The summed E-state index contributed by atoms with van der Waals surface area (Å²) >= 11 is 0. The number of methoxy groups -OCH3 is 1. The fraction of sp³-hybridized carbons (Fsp3) is 0.0952. The Morgan fingerprint density at radius 1 is 1.15 bits per heavy atom. The van der Waals surface area contributed by atoms with Crippen LogP contribution in [0.4, 0.5) is 0 Å². The molecule has 0 fully saturated rings. The molecular weight excluding hydrogens is 330 g/mol. The van der Waals surface area contributed by atoms with Crippen LogP contribution >= 0.6 is 0 Å². The van der Waals surface area contributed by atoms with Crippen LogP contribution < -0.4 is 4.74 Å². The number of benzene rings is 2. The maximum atomic E-state index is 12.9. The molecule has 3 aromatic rings. The number of fused-ring (bicyclic) bond motifs is 1. The smallest absolute Gasteiger partial charge is 0.189 e. The summed E-state index contributed by atoms with van der Waals surface area (Å²) in [6.45, 7) is 1.69. The third-order valence-electron chi connectivity index (χ3n) is 4.05. The number of para-hydroxylation sites is 1. The molecule has 0 atom stereocenters. The van der Waals surface area contributed by atoms with Gasteiger partial charge in [0.2, 0.25) is 0 Å². The number of ether oxygens (including phenoxy) is 1. The minimum absolute atomic E-state index is 0.000832. The molecule has 0 unspecified atom stereocenters. The number of phenolic OH excluding ortho intramolecular Hbond substituents is 1. The van der Waals surface area contributed by atoms with E-state index >= 15 is 0 Å². The number of nitrogens with zero attached hydrogens (tertiary/aromatic N) is 1. The minimum atomic E-state index is -0.206. The van der Waals surface area contributed by atoms with E-state index in [0.29, 0.717) is 39.6 Å². The third-order valence-corrected chi connectivity index (χ3v) is 4.05. The lowest BCUT2D eigenvalue weighted by Gasteiger charge is -2.08. The Hall–Kier alpha value is -3.47. The van der Waals surface area contributed by atoms with Crippen LogP contribution in [0.2, 0.25) is 0 Å². The summed E-state index contributed by atoms with van der Waals surface area (Å²) in [5, 5.41) is 10.6. The van der Waals surface area contributed by atoms with Crippen molar-refractivity contribution in [2.45, 2.75) is 6.92 Å². The van der Waals surface area contributed by atoms with Crippen LogP contribution in [0.1, 0.15) is 33.3 Å². The summed E-state index contributed by atoms with van der Waals surface area (Å²) in [6.07, 6.45) is 2.31. The van der Waals surface area contributed by atoms with Gasteiger partial charge in [0, 0.05) is 10.9 Å². The Labute approximate surface area is 150 Å². The van der Waals surface area contributed by atoms with E-state index in [1.807, 2.05) is 6.07 Å². The molecule has 5 heteroatoms. The SMILES string of the molecule is COc1ccc(C=C(C)C(=O)c2cc(C=O)nc3ccccc23)cc1O. The molecule has 130 valence electrons. The second-order valence-electron chi connectivity index (χ2n) is 5.82. The topological polar surface area (TPSA) is 76.5 Å². The lowest BCUT2D eigenvalue weighted by atomic mass is 9.98. The van der Waals surface area contributed by atoms with Gasteiger partial charge in [-0.15, -0.1) is 0 Å². The van der Waals surface area contributed by atoms with Crippen molar-refractivity contribution in [3.05, 3.63) is 70.9 Å². The standard InChI is InChI=1S/C21H17NO4/c1-13(9-14-7-8-20(26-2)19(24)10-14)21(25)17-11-15(12-23)22-18-6-4-3-5-16(17)18/h3-12,24H,1-2H3. The van der Waals surface area contributed by atoms with Gasteiger partial charge in [0.05, 0.1) is 12.6 Å². The molecule has 0 aliphatic carbocycles. The van der Waals surface area contributed by atoms with Crippen molar-refractivity contribution < 1.29 is 19.4 Å². The number of allylic oxidation sites excluding steroid dienone is 1. The Morgan fingerprint density at radius 2 is 1.92 bits per heavy atom. The molecule has 0 radical (unpaired) electrons. The molecule has 1 heterocycles. The average molecular weight is 347 g/mol. The zero-order valence-electron chi connectivity index (χ0n) is 14.4. The highest BCUT2D eigenvalue weighted by atomic mass is 16.5. The van der Waals surface area contributed by atoms with E-state index in [2.05, 4.69) is 4.98 Å². The molecular formula is C21H17NO4. The number of hydrogen-bond donors (Lipinski definition) is 1. The number of aromatic hydroxyl groups is 1. The fourth-order valence-corrected chi connectivity index (χ4v) is 2.77. The number of Topliss-reactive ketones (excluding diaryl/α,β-unsaturated/α-hetero) is 1. The van der Waals surface area contributed by atoms with Crippen LogP contribution in [-0.2, 0) is 0 Å². The summed E-state index contributed by atoms with van der Waals surface area (Å²) in [5.41, 5.74) is 2.37. The molecule has 2 aromatic carbocycles. The third kappa shape index (κ3) is 3.32. The van der Waals surface area contributed by atoms with Crippen LogP contribution in [0.3, 0.4) is 0 Å². The van der Waals surface area contributed by atoms with Gasteiger partial charge in [-0.05, 0) is 48.4 Å². The summed E-state index contributed by atoms with van der Waals surface area (Å²) in [4.78, 5) is 28.3. The number of ketones is 1. The largest absolute Gasteiger partial charge is 0.504 e. The van der Waals surface area contributed by atoms with E-state index in [1.165, 1.54) is 19.2 Å². The molecule has 26 heavy (non-hydrogen) atoms. The van der Waals surface area contributed by atoms with E-state index in [9.17, 15) is 14.7 Å². The molecule has 1 aromatic heterocycles. The summed E-state index contributed by atoms with van der Waals surface area (Å²) < 4.78 is 5.02. The van der Waals surface area contributed by atoms with Crippen molar-refractivity contribution in [1.29, 1.82) is 0 Å². The maximum Gasteiger partial charge on any atom is 0.189 e. The number of carbonyl (C=O) groups is 2. The molecule has 0 aliphatic rings. The summed E-state index contributed by atoms with van der Waals surface area (Å²) in [5.74, 6) is 0.156. The van der Waals surface area contributed by atoms with Crippen LogP contribution in [0.15, 0.2) is 54.1 Å². The second kappa shape index (κ2) is 7.19. The Bertz CT molecular complexity index is 1040. The van der Waals surface area contributed by atoms with Gasteiger partial charge in [-0.2, -0.15) is 0 Å². The molecule has 0 saturated carbocycles. The van der Waals surface area contributed by atoms with E-state index in [1.54, 1.807) is 43.3 Å². The van der Waals surface area contributed by atoms with Crippen LogP contribution in [0, 0.1) is 0 Å². The van der Waals surface area contributed by atoms with E-state index in [0.717, 1.165) is 0 Å². The normalized spacial score (nSPS) is 11.4. The van der Waals surface area contributed by atoms with E-state index in [-0.39, 0.29) is 17.2 Å². The summed E-state index contributed by atoms with van der Waals surface area (Å²) in [7, 11) is 1.47. The van der Waals surface area contributed by atoms with E-state index < -0.39 is 0 Å². The number of carbonyl (C=O) groups excluding carboxylic acids is 2. The number of aromatic nitrogens is 1. The van der Waals surface area contributed by atoms with Crippen LogP contribution in [-0.4, -0.2) is 29.3 Å². The zero-order chi connectivity index (χ0) is 18.7. The number of phenols is 1. The molecule has 0 bridgehead atoms. The van der Waals surface area contributed by atoms with Crippen molar-refractivity contribution in [2.24, 2.45) is 0 Å². The predicted octanol–water partition coefficient (Wildman–Crippen LogP) is 4.05. The highest BCUT2D eigenvalue weighted by molar-refractivity contribution is 6.17.